The van der Waals surface area contributed by atoms with E-state index < -0.39 is 0 Å². The Morgan fingerprint density at radius 3 is 2.40 bits per heavy atom. The highest BCUT2D eigenvalue weighted by molar-refractivity contribution is 5.55. The molecule has 2 aromatic carbocycles. The number of halogens is 1. The number of aromatic nitrogens is 2. The van der Waals surface area contributed by atoms with Gasteiger partial charge < -0.3 is 10.2 Å². The monoisotopic (exact) mass is 336 g/mol. The number of benzene rings is 2. The van der Waals surface area contributed by atoms with Gasteiger partial charge >= 0.3 is 0 Å². The lowest BCUT2D eigenvalue weighted by Crippen LogP contribution is -2.23. The van der Waals surface area contributed by atoms with E-state index in [1.54, 1.807) is 12.1 Å². The van der Waals surface area contributed by atoms with Gasteiger partial charge in [-0.2, -0.15) is 4.98 Å². The molecular weight excluding hydrogens is 315 g/mol. The second kappa shape index (κ2) is 7.75. The second-order valence-corrected chi connectivity index (χ2v) is 5.82. The zero-order chi connectivity index (χ0) is 17.6. The van der Waals surface area contributed by atoms with E-state index in [4.69, 9.17) is 0 Å². The van der Waals surface area contributed by atoms with E-state index in [1.807, 2.05) is 31.2 Å². The average Bonchev–Trinajstić information content (AvgIpc) is 2.62. The van der Waals surface area contributed by atoms with Crippen molar-refractivity contribution in [3.05, 3.63) is 77.7 Å². The third-order valence-electron chi connectivity index (χ3n) is 3.86. The third kappa shape index (κ3) is 4.53. The minimum Gasteiger partial charge on any atom is -0.352 e. The molecule has 25 heavy (non-hydrogen) atoms. The molecular formula is C20H21FN4. The Hall–Kier alpha value is -2.95. The summed E-state index contributed by atoms with van der Waals surface area (Å²) in [6.45, 7) is 5.66. The lowest BCUT2D eigenvalue weighted by atomic mass is 10.2. The van der Waals surface area contributed by atoms with Crippen LogP contribution in [0.1, 0.15) is 18.2 Å². The van der Waals surface area contributed by atoms with Gasteiger partial charge in [0.05, 0.1) is 0 Å². The maximum atomic E-state index is 13.0. The summed E-state index contributed by atoms with van der Waals surface area (Å²) in [6, 6.07) is 18.4. The minimum atomic E-state index is -0.267. The van der Waals surface area contributed by atoms with E-state index in [9.17, 15) is 4.39 Å². The van der Waals surface area contributed by atoms with Crippen LogP contribution >= 0.6 is 0 Å². The summed E-state index contributed by atoms with van der Waals surface area (Å²) in [5, 5.41) is 3.14. The average molecular weight is 336 g/mol. The molecule has 0 radical (unpaired) electrons. The SMILES string of the molecule is CCN(Cc1ccccc1)c1cc(C)nc(Nc2ccc(F)cc2)n1. The van der Waals surface area contributed by atoms with Crippen LogP contribution < -0.4 is 10.2 Å². The number of nitrogens with one attached hydrogen (secondary N) is 1. The van der Waals surface area contributed by atoms with E-state index in [1.165, 1.54) is 17.7 Å². The molecule has 4 nitrogen and oxygen atoms in total. The van der Waals surface area contributed by atoms with Gasteiger partial charge in [0.15, 0.2) is 0 Å². The Labute approximate surface area is 147 Å². The molecule has 0 aliphatic carbocycles. The van der Waals surface area contributed by atoms with Crippen molar-refractivity contribution < 1.29 is 4.39 Å². The van der Waals surface area contributed by atoms with Gasteiger partial charge in [0.25, 0.3) is 0 Å². The number of anilines is 3. The van der Waals surface area contributed by atoms with E-state index >= 15 is 0 Å². The number of rotatable bonds is 6. The second-order valence-electron chi connectivity index (χ2n) is 5.82. The summed E-state index contributed by atoms with van der Waals surface area (Å²) >= 11 is 0. The lowest BCUT2D eigenvalue weighted by Gasteiger charge is -2.23. The number of aryl methyl sites for hydroxylation is 1. The molecule has 0 fully saturated rings. The van der Waals surface area contributed by atoms with E-state index in [-0.39, 0.29) is 5.82 Å². The fraction of sp³-hybridized carbons (Fsp3) is 0.200. The van der Waals surface area contributed by atoms with Gasteiger partial charge in [-0.25, -0.2) is 9.37 Å². The van der Waals surface area contributed by atoms with Gasteiger partial charge in [0.1, 0.15) is 11.6 Å². The standard InChI is InChI=1S/C20H21FN4/c1-3-25(14-16-7-5-4-6-8-16)19-13-15(2)22-20(24-19)23-18-11-9-17(21)10-12-18/h4-13H,3,14H2,1-2H3,(H,22,23,24). The Balaban J connectivity index is 1.83. The Bertz CT molecular complexity index is 819. The molecule has 1 aromatic heterocycles. The largest absolute Gasteiger partial charge is 0.352 e. The van der Waals surface area contributed by atoms with Crippen molar-refractivity contribution in [3.63, 3.8) is 0 Å². The summed E-state index contributed by atoms with van der Waals surface area (Å²) in [7, 11) is 0. The molecule has 128 valence electrons. The first kappa shape index (κ1) is 16.9. The van der Waals surface area contributed by atoms with Crippen molar-refractivity contribution >= 4 is 17.5 Å². The van der Waals surface area contributed by atoms with E-state index in [2.05, 4.69) is 39.2 Å². The number of hydrogen-bond acceptors (Lipinski definition) is 4. The van der Waals surface area contributed by atoms with Gasteiger partial charge in [-0.05, 0) is 43.7 Å². The zero-order valence-electron chi connectivity index (χ0n) is 14.4. The Morgan fingerprint density at radius 2 is 1.72 bits per heavy atom. The van der Waals surface area contributed by atoms with Gasteiger partial charge in [0.2, 0.25) is 5.95 Å². The topological polar surface area (TPSA) is 41.1 Å². The molecule has 1 N–H and O–H groups in total. The molecule has 0 aliphatic rings. The van der Waals surface area contributed by atoms with E-state index in [0.717, 1.165) is 30.3 Å². The van der Waals surface area contributed by atoms with E-state index in [0.29, 0.717) is 5.95 Å². The normalized spacial score (nSPS) is 10.5. The molecule has 0 aliphatic heterocycles. The summed E-state index contributed by atoms with van der Waals surface area (Å²) in [6.07, 6.45) is 0. The van der Waals surface area contributed by atoms with Crippen LogP contribution in [0, 0.1) is 12.7 Å². The number of hydrogen-bond donors (Lipinski definition) is 1. The molecule has 3 aromatic rings. The fourth-order valence-corrected chi connectivity index (χ4v) is 2.59. The molecule has 0 bridgehead atoms. The first-order valence-electron chi connectivity index (χ1n) is 8.31. The van der Waals surface area contributed by atoms with Crippen molar-refractivity contribution in [1.82, 2.24) is 9.97 Å². The van der Waals surface area contributed by atoms with Crippen molar-refractivity contribution in [2.24, 2.45) is 0 Å². The van der Waals surface area contributed by atoms with Crippen molar-refractivity contribution in [3.8, 4) is 0 Å². The van der Waals surface area contributed by atoms with Crippen LogP contribution in [0.3, 0.4) is 0 Å². The Kier molecular flexibility index (Phi) is 5.23. The maximum absolute atomic E-state index is 13.0. The van der Waals surface area contributed by atoms with Crippen LogP contribution in [0.5, 0.6) is 0 Å². The van der Waals surface area contributed by atoms with Gasteiger partial charge in [0, 0.05) is 30.5 Å². The van der Waals surface area contributed by atoms with Crippen LogP contribution in [-0.4, -0.2) is 16.5 Å². The van der Waals surface area contributed by atoms with Gasteiger partial charge in [-0.15, -0.1) is 0 Å². The first-order valence-corrected chi connectivity index (χ1v) is 8.31. The quantitative estimate of drug-likeness (QED) is 0.709. The molecule has 0 saturated heterocycles. The summed E-state index contributed by atoms with van der Waals surface area (Å²) in [4.78, 5) is 11.3. The molecule has 5 heteroatoms. The highest BCUT2D eigenvalue weighted by Crippen LogP contribution is 2.20. The van der Waals surface area contributed by atoms with Crippen LogP contribution in [-0.2, 0) is 6.54 Å². The van der Waals surface area contributed by atoms with Gasteiger partial charge in [-0.1, -0.05) is 30.3 Å². The maximum Gasteiger partial charge on any atom is 0.229 e. The first-order chi connectivity index (χ1) is 12.1. The highest BCUT2D eigenvalue weighted by Gasteiger charge is 2.10. The van der Waals surface area contributed by atoms with Crippen LogP contribution in [0.15, 0.2) is 60.7 Å². The molecule has 0 saturated carbocycles. The van der Waals surface area contributed by atoms with Crippen molar-refractivity contribution in [2.45, 2.75) is 20.4 Å². The van der Waals surface area contributed by atoms with Crippen LogP contribution in [0.2, 0.25) is 0 Å². The summed E-state index contributed by atoms with van der Waals surface area (Å²) in [5.74, 6) is 1.10. The Morgan fingerprint density at radius 1 is 1.00 bits per heavy atom. The molecule has 1 heterocycles. The third-order valence-corrected chi connectivity index (χ3v) is 3.86. The zero-order valence-corrected chi connectivity index (χ0v) is 14.4. The lowest BCUT2D eigenvalue weighted by molar-refractivity contribution is 0.628. The predicted molar refractivity (Wildman–Crippen MR) is 99.6 cm³/mol. The highest BCUT2D eigenvalue weighted by atomic mass is 19.1. The van der Waals surface area contributed by atoms with Crippen molar-refractivity contribution in [2.75, 3.05) is 16.8 Å². The number of nitrogens with zero attached hydrogens (tertiary/aromatic N) is 3. The van der Waals surface area contributed by atoms with Crippen LogP contribution in [0.25, 0.3) is 0 Å². The van der Waals surface area contributed by atoms with Crippen LogP contribution in [0.4, 0.5) is 21.8 Å². The molecule has 0 atom stereocenters. The van der Waals surface area contributed by atoms with Crippen molar-refractivity contribution in [1.29, 1.82) is 0 Å². The predicted octanol–water partition coefficient (Wildman–Crippen LogP) is 4.69. The minimum absolute atomic E-state index is 0.267. The molecule has 3 rings (SSSR count). The fourth-order valence-electron chi connectivity index (χ4n) is 2.59. The summed E-state index contributed by atoms with van der Waals surface area (Å²) < 4.78 is 13.0. The molecule has 0 spiro atoms. The van der Waals surface area contributed by atoms with Gasteiger partial charge in [-0.3, -0.25) is 0 Å². The molecule has 0 amide bonds. The smallest absolute Gasteiger partial charge is 0.229 e. The molecule has 0 unspecified atom stereocenters. The summed E-state index contributed by atoms with van der Waals surface area (Å²) in [5.41, 5.74) is 2.86.